The van der Waals surface area contributed by atoms with Crippen LogP contribution in [0.5, 0.6) is 5.75 Å². The standard InChI is InChI=1S/C18H20Cl2N2O2/c19-15-5-6-17(16(20)10-15)24-7-1-2-18(23)22-21-11-14-9-12-3-4-13(14)8-12/h3-6,10-14H,1-2,7-9H2,(H,22,23)/b21-11+. The molecular formula is C18H20Cl2N2O2. The van der Waals surface area contributed by atoms with E-state index in [0.717, 1.165) is 6.42 Å². The van der Waals surface area contributed by atoms with Gasteiger partial charge in [0.25, 0.3) is 0 Å². The molecule has 1 amide bonds. The predicted molar refractivity (Wildman–Crippen MR) is 96.7 cm³/mol. The zero-order valence-corrected chi connectivity index (χ0v) is 14.8. The Bertz CT molecular complexity index is 660. The molecule has 0 saturated heterocycles. The number of allylic oxidation sites excluding steroid dienone is 2. The zero-order chi connectivity index (χ0) is 16.9. The van der Waals surface area contributed by atoms with Crippen molar-refractivity contribution in [1.29, 1.82) is 0 Å². The Morgan fingerprint density at radius 3 is 2.92 bits per heavy atom. The lowest BCUT2D eigenvalue weighted by Crippen LogP contribution is -2.19. The number of carbonyl (C=O) groups excluding carboxylic acids is 1. The number of amides is 1. The van der Waals surface area contributed by atoms with Gasteiger partial charge in [-0.2, -0.15) is 5.10 Å². The van der Waals surface area contributed by atoms with Crippen LogP contribution in [0.25, 0.3) is 0 Å². The van der Waals surface area contributed by atoms with Crippen molar-refractivity contribution in [2.75, 3.05) is 6.61 Å². The van der Waals surface area contributed by atoms with E-state index in [1.54, 1.807) is 18.2 Å². The molecule has 128 valence electrons. The number of rotatable bonds is 7. The van der Waals surface area contributed by atoms with E-state index in [-0.39, 0.29) is 5.91 Å². The number of benzene rings is 1. The summed E-state index contributed by atoms with van der Waals surface area (Å²) in [4.78, 5) is 11.8. The number of fused-ring (bicyclic) bond motifs is 2. The summed E-state index contributed by atoms with van der Waals surface area (Å²) in [5, 5.41) is 5.13. The molecule has 3 rings (SSSR count). The van der Waals surface area contributed by atoms with Crippen molar-refractivity contribution in [3.63, 3.8) is 0 Å². The summed E-state index contributed by atoms with van der Waals surface area (Å²) >= 11 is 11.8. The molecule has 1 N–H and O–H groups in total. The Balaban J connectivity index is 1.32. The predicted octanol–water partition coefficient (Wildman–Crippen LogP) is 4.47. The van der Waals surface area contributed by atoms with E-state index in [0.29, 0.717) is 53.0 Å². The summed E-state index contributed by atoms with van der Waals surface area (Å²) in [5.41, 5.74) is 2.59. The van der Waals surface area contributed by atoms with Gasteiger partial charge in [-0.15, -0.1) is 0 Å². The number of nitrogens with zero attached hydrogens (tertiary/aromatic N) is 1. The summed E-state index contributed by atoms with van der Waals surface area (Å²) < 4.78 is 5.54. The molecule has 0 radical (unpaired) electrons. The Kier molecular flexibility index (Phi) is 5.80. The quantitative estimate of drug-likeness (QED) is 0.335. The second-order valence-electron chi connectivity index (χ2n) is 6.28. The molecule has 3 unspecified atom stereocenters. The van der Waals surface area contributed by atoms with E-state index < -0.39 is 0 Å². The van der Waals surface area contributed by atoms with Gasteiger partial charge in [0, 0.05) is 23.6 Å². The number of hydrogen-bond acceptors (Lipinski definition) is 3. The molecule has 6 heteroatoms. The van der Waals surface area contributed by atoms with Crippen LogP contribution < -0.4 is 10.2 Å². The van der Waals surface area contributed by atoms with Gasteiger partial charge in [0.15, 0.2) is 0 Å². The van der Waals surface area contributed by atoms with Crippen molar-refractivity contribution in [2.45, 2.75) is 25.7 Å². The average molecular weight is 367 g/mol. The number of halogens is 2. The molecule has 1 fully saturated rings. The monoisotopic (exact) mass is 366 g/mol. The van der Waals surface area contributed by atoms with Crippen LogP contribution in [-0.4, -0.2) is 18.7 Å². The molecule has 1 aromatic rings. The van der Waals surface area contributed by atoms with Gasteiger partial charge in [0.1, 0.15) is 5.75 Å². The minimum Gasteiger partial charge on any atom is -0.492 e. The summed E-state index contributed by atoms with van der Waals surface area (Å²) in [5.74, 6) is 2.25. The van der Waals surface area contributed by atoms with Gasteiger partial charge in [-0.1, -0.05) is 35.4 Å². The van der Waals surface area contributed by atoms with E-state index in [2.05, 4.69) is 22.7 Å². The van der Waals surface area contributed by atoms with Crippen LogP contribution in [0.3, 0.4) is 0 Å². The zero-order valence-electron chi connectivity index (χ0n) is 13.3. The minimum atomic E-state index is -0.101. The molecule has 0 heterocycles. The van der Waals surface area contributed by atoms with Crippen molar-refractivity contribution < 1.29 is 9.53 Å². The molecule has 0 spiro atoms. The first kappa shape index (κ1) is 17.3. The third-order valence-corrected chi connectivity index (χ3v) is 5.02. The largest absolute Gasteiger partial charge is 0.492 e. The Labute approximate surface area is 151 Å². The minimum absolute atomic E-state index is 0.101. The van der Waals surface area contributed by atoms with E-state index >= 15 is 0 Å². The highest BCUT2D eigenvalue weighted by Crippen LogP contribution is 2.42. The summed E-state index contributed by atoms with van der Waals surface area (Å²) in [6, 6.07) is 5.07. The van der Waals surface area contributed by atoms with E-state index in [1.165, 1.54) is 6.42 Å². The van der Waals surface area contributed by atoms with Crippen LogP contribution in [0.1, 0.15) is 25.7 Å². The van der Waals surface area contributed by atoms with Gasteiger partial charge in [-0.25, -0.2) is 5.43 Å². The normalized spacial score (nSPS) is 24.7. The maximum absolute atomic E-state index is 11.8. The van der Waals surface area contributed by atoms with Crippen molar-refractivity contribution in [3.05, 3.63) is 40.4 Å². The number of ether oxygens (including phenoxy) is 1. The topological polar surface area (TPSA) is 50.7 Å². The van der Waals surface area contributed by atoms with Gasteiger partial charge in [0.2, 0.25) is 5.91 Å². The summed E-state index contributed by atoms with van der Waals surface area (Å²) in [6.45, 7) is 0.412. The number of carbonyl (C=O) groups is 1. The molecule has 3 atom stereocenters. The van der Waals surface area contributed by atoms with Crippen LogP contribution >= 0.6 is 23.2 Å². The van der Waals surface area contributed by atoms with Crippen molar-refractivity contribution >= 4 is 35.3 Å². The summed E-state index contributed by atoms with van der Waals surface area (Å²) in [7, 11) is 0. The van der Waals surface area contributed by atoms with Crippen LogP contribution in [0.4, 0.5) is 0 Å². The number of nitrogens with one attached hydrogen (secondary N) is 1. The fourth-order valence-electron chi connectivity index (χ4n) is 3.26. The lowest BCUT2D eigenvalue weighted by molar-refractivity contribution is -0.121. The smallest absolute Gasteiger partial charge is 0.240 e. The van der Waals surface area contributed by atoms with E-state index in [4.69, 9.17) is 27.9 Å². The molecule has 0 aliphatic heterocycles. The fraction of sp³-hybridized carbons (Fsp3) is 0.444. The average Bonchev–Trinajstić information content (AvgIpc) is 3.16. The van der Waals surface area contributed by atoms with Gasteiger partial charge in [-0.05, 0) is 49.3 Å². The number of hydrogen-bond donors (Lipinski definition) is 1. The van der Waals surface area contributed by atoms with Crippen LogP contribution in [0, 0.1) is 17.8 Å². The Morgan fingerprint density at radius 2 is 2.21 bits per heavy atom. The van der Waals surface area contributed by atoms with Crippen molar-refractivity contribution in [2.24, 2.45) is 22.9 Å². The van der Waals surface area contributed by atoms with Crippen LogP contribution in [-0.2, 0) is 4.79 Å². The van der Waals surface area contributed by atoms with E-state index in [9.17, 15) is 4.79 Å². The molecule has 1 saturated carbocycles. The lowest BCUT2D eigenvalue weighted by atomic mass is 9.95. The van der Waals surface area contributed by atoms with Crippen molar-refractivity contribution in [1.82, 2.24) is 5.43 Å². The highest BCUT2D eigenvalue weighted by molar-refractivity contribution is 6.35. The first-order chi connectivity index (χ1) is 11.6. The third-order valence-electron chi connectivity index (χ3n) is 4.49. The first-order valence-electron chi connectivity index (χ1n) is 8.20. The lowest BCUT2D eigenvalue weighted by Gasteiger charge is -2.12. The fourth-order valence-corrected chi connectivity index (χ4v) is 3.73. The molecular weight excluding hydrogens is 347 g/mol. The maximum atomic E-state index is 11.8. The summed E-state index contributed by atoms with van der Waals surface area (Å²) in [6.07, 6.45) is 9.78. The highest BCUT2D eigenvalue weighted by atomic mass is 35.5. The van der Waals surface area contributed by atoms with Gasteiger partial charge >= 0.3 is 0 Å². The molecule has 24 heavy (non-hydrogen) atoms. The van der Waals surface area contributed by atoms with Crippen LogP contribution in [0.2, 0.25) is 10.0 Å². The first-order valence-corrected chi connectivity index (χ1v) is 8.95. The van der Waals surface area contributed by atoms with Gasteiger partial charge < -0.3 is 4.74 Å². The maximum Gasteiger partial charge on any atom is 0.240 e. The van der Waals surface area contributed by atoms with Gasteiger partial charge in [0.05, 0.1) is 11.6 Å². The van der Waals surface area contributed by atoms with E-state index in [1.807, 2.05) is 6.21 Å². The molecule has 0 aromatic heterocycles. The Hall–Kier alpha value is -1.52. The molecule has 1 aromatic carbocycles. The molecule has 2 bridgehead atoms. The SMILES string of the molecule is O=C(CCCOc1ccc(Cl)cc1Cl)N/N=C/C1CC2C=CC1C2. The van der Waals surface area contributed by atoms with Crippen LogP contribution in [0.15, 0.2) is 35.5 Å². The molecule has 4 nitrogen and oxygen atoms in total. The second-order valence-corrected chi connectivity index (χ2v) is 7.13. The number of hydrazone groups is 1. The molecule has 2 aliphatic carbocycles. The van der Waals surface area contributed by atoms with Crippen molar-refractivity contribution in [3.8, 4) is 5.75 Å². The highest BCUT2D eigenvalue weighted by Gasteiger charge is 2.34. The second kappa shape index (κ2) is 8.04. The molecule has 2 aliphatic rings. The van der Waals surface area contributed by atoms with Gasteiger partial charge in [-0.3, -0.25) is 4.79 Å². The third kappa shape index (κ3) is 4.52. The Morgan fingerprint density at radius 1 is 1.33 bits per heavy atom.